The summed E-state index contributed by atoms with van der Waals surface area (Å²) in [6.07, 6.45) is 2.09. The van der Waals surface area contributed by atoms with E-state index in [1.54, 1.807) is 0 Å². The summed E-state index contributed by atoms with van der Waals surface area (Å²) in [6.45, 7) is 13.0. The number of pyridine rings is 1. The van der Waals surface area contributed by atoms with Crippen LogP contribution in [0.2, 0.25) is 0 Å². The molecule has 19 heavy (non-hydrogen) atoms. The molecule has 104 valence electrons. The maximum absolute atomic E-state index is 6.42. The van der Waals surface area contributed by atoms with Crippen molar-refractivity contribution in [2.75, 3.05) is 0 Å². The molecule has 0 aliphatic heterocycles. The molecule has 0 spiro atoms. The second-order valence-corrected chi connectivity index (χ2v) is 6.80. The fourth-order valence-corrected chi connectivity index (χ4v) is 2.35. The van der Waals surface area contributed by atoms with Crippen LogP contribution in [-0.4, -0.2) is 9.38 Å². The average Bonchev–Trinajstić information content (AvgIpc) is 2.65. The first-order valence-electron chi connectivity index (χ1n) is 6.96. The fourth-order valence-electron chi connectivity index (χ4n) is 2.35. The van der Waals surface area contributed by atoms with Crippen LogP contribution < -0.4 is 5.73 Å². The highest BCUT2D eigenvalue weighted by Gasteiger charge is 2.28. The van der Waals surface area contributed by atoms with Gasteiger partial charge in [-0.3, -0.25) is 0 Å². The second-order valence-electron chi connectivity index (χ2n) is 6.80. The van der Waals surface area contributed by atoms with Gasteiger partial charge in [0.05, 0.1) is 11.4 Å². The van der Waals surface area contributed by atoms with Crippen molar-refractivity contribution < 1.29 is 0 Å². The van der Waals surface area contributed by atoms with Crippen molar-refractivity contribution in [3.8, 4) is 0 Å². The first kappa shape index (κ1) is 14.1. The first-order chi connectivity index (χ1) is 8.71. The Hall–Kier alpha value is -1.35. The average molecular weight is 259 g/mol. The van der Waals surface area contributed by atoms with Gasteiger partial charge in [-0.05, 0) is 30.5 Å². The molecule has 0 aliphatic rings. The second kappa shape index (κ2) is 4.64. The Morgan fingerprint density at radius 2 is 1.89 bits per heavy atom. The number of nitrogens with two attached hydrogens (primary N) is 1. The van der Waals surface area contributed by atoms with Crippen molar-refractivity contribution in [1.29, 1.82) is 0 Å². The molecule has 1 atom stereocenters. The van der Waals surface area contributed by atoms with Gasteiger partial charge in [0.15, 0.2) is 0 Å². The number of hydrogen-bond acceptors (Lipinski definition) is 2. The molecule has 0 aliphatic carbocycles. The largest absolute Gasteiger partial charge is 0.322 e. The molecular weight excluding hydrogens is 234 g/mol. The van der Waals surface area contributed by atoms with Gasteiger partial charge in [-0.15, -0.1) is 0 Å². The standard InChI is InChI=1S/C16H25N3/c1-10(2)13(17)14-15(16(4,5)6)18-12-9-11(3)7-8-19(12)14/h7-10,13H,17H2,1-6H3. The lowest BCUT2D eigenvalue weighted by atomic mass is 9.87. The summed E-state index contributed by atoms with van der Waals surface area (Å²) >= 11 is 0. The van der Waals surface area contributed by atoms with Crippen molar-refractivity contribution in [3.05, 3.63) is 35.3 Å². The van der Waals surface area contributed by atoms with Gasteiger partial charge >= 0.3 is 0 Å². The lowest BCUT2D eigenvalue weighted by Gasteiger charge is -2.23. The van der Waals surface area contributed by atoms with Crippen LogP contribution in [0.25, 0.3) is 5.65 Å². The minimum Gasteiger partial charge on any atom is -0.322 e. The molecule has 2 aromatic heterocycles. The summed E-state index contributed by atoms with van der Waals surface area (Å²) in [5.41, 5.74) is 10.9. The van der Waals surface area contributed by atoms with E-state index in [2.05, 4.69) is 64.3 Å². The summed E-state index contributed by atoms with van der Waals surface area (Å²) in [5.74, 6) is 0.391. The molecule has 0 fully saturated rings. The van der Waals surface area contributed by atoms with Crippen LogP contribution in [0.5, 0.6) is 0 Å². The molecule has 2 rings (SSSR count). The van der Waals surface area contributed by atoms with E-state index in [0.717, 1.165) is 17.0 Å². The van der Waals surface area contributed by atoms with Gasteiger partial charge in [0, 0.05) is 17.7 Å². The van der Waals surface area contributed by atoms with Gasteiger partial charge < -0.3 is 10.1 Å². The van der Waals surface area contributed by atoms with E-state index in [-0.39, 0.29) is 11.5 Å². The number of imidazole rings is 1. The number of nitrogens with zero attached hydrogens (tertiary/aromatic N) is 2. The number of fused-ring (bicyclic) bond motifs is 1. The van der Waals surface area contributed by atoms with Crippen LogP contribution in [0.15, 0.2) is 18.3 Å². The Labute approximate surface area is 115 Å². The molecule has 1 unspecified atom stereocenters. The van der Waals surface area contributed by atoms with E-state index in [0.29, 0.717) is 5.92 Å². The van der Waals surface area contributed by atoms with Crippen molar-refractivity contribution in [1.82, 2.24) is 9.38 Å². The molecule has 3 nitrogen and oxygen atoms in total. The van der Waals surface area contributed by atoms with Crippen molar-refractivity contribution in [2.45, 2.75) is 53.0 Å². The molecule has 3 heteroatoms. The van der Waals surface area contributed by atoms with Crippen molar-refractivity contribution in [2.24, 2.45) is 11.7 Å². The number of hydrogen-bond donors (Lipinski definition) is 1. The monoisotopic (exact) mass is 259 g/mol. The molecule has 2 aromatic rings. The summed E-state index contributed by atoms with van der Waals surface area (Å²) in [5, 5.41) is 0. The number of aromatic nitrogens is 2. The van der Waals surface area contributed by atoms with Gasteiger partial charge in [-0.2, -0.15) is 0 Å². The van der Waals surface area contributed by atoms with Gasteiger partial charge in [0.1, 0.15) is 5.65 Å². The lowest BCUT2D eigenvalue weighted by molar-refractivity contribution is 0.476. The van der Waals surface area contributed by atoms with Crippen LogP contribution in [0.1, 0.15) is 57.6 Å². The zero-order chi connectivity index (χ0) is 14.4. The van der Waals surface area contributed by atoms with Gasteiger partial charge in [0.2, 0.25) is 0 Å². The maximum atomic E-state index is 6.42. The van der Waals surface area contributed by atoms with Crippen LogP contribution in [0, 0.1) is 12.8 Å². The van der Waals surface area contributed by atoms with Crippen LogP contribution >= 0.6 is 0 Å². The molecule has 2 N–H and O–H groups in total. The summed E-state index contributed by atoms with van der Waals surface area (Å²) in [4.78, 5) is 4.83. The van der Waals surface area contributed by atoms with E-state index in [4.69, 9.17) is 10.7 Å². The van der Waals surface area contributed by atoms with Crippen LogP contribution in [0.4, 0.5) is 0 Å². The Morgan fingerprint density at radius 3 is 2.42 bits per heavy atom. The van der Waals surface area contributed by atoms with Crippen molar-refractivity contribution in [3.63, 3.8) is 0 Å². The highest BCUT2D eigenvalue weighted by molar-refractivity contribution is 5.48. The number of aryl methyl sites for hydroxylation is 1. The molecule has 2 heterocycles. The topological polar surface area (TPSA) is 43.3 Å². The highest BCUT2D eigenvalue weighted by Crippen LogP contribution is 2.32. The molecule has 0 radical (unpaired) electrons. The van der Waals surface area contributed by atoms with Crippen LogP contribution in [0.3, 0.4) is 0 Å². The third kappa shape index (κ3) is 2.52. The lowest BCUT2D eigenvalue weighted by Crippen LogP contribution is -2.24. The summed E-state index contributed by atoms with van der Waals surface area (Å²) in [6, 6.07) is 4.23. The molecule has 0 saturated carbocycles. The van der Waals surface area contributed by atoms with Gasteiger partial charge in [-0.25, -0.2) is 4.98 Å². The van der Waals surface area contributed by atoms with E-state index in [9.17, 15) is 0 Å². The van der Waals surface area contributed by atoms with E-state index < -0.39 is 0 Å². The normalized spacial score (nSPS) is 14.3. The molecule has 0 amide bonds. The smallest absolute Gasteiger partial charge is 0.137 e. The van der Waals surface area contributed by atoms with E-state index >= 15 is 0 Å². The maximum Gasteiger partial charge on any atom is 0.137 e. The molecule has 0 bridgehead atoms. The zero-order valence-corrected chi connectivity index (χ0v) is 12.9. The van der Waals surface area contributed by atoms with Crippen molar-refractivity contribution >= 4 is 5.65 Å². The third-order valence-electron chi connectivity index (χ3n) is 3.56. The quantitative estimate of drug-likeness (QED) is 0.895. The third-order valence-corrected chi connectivity index (χ3v) is 3.56. The number of rotatable bonds is 2. The molecular formula is C16H25N3. The Kier molecular flexibility index (Phi) is 3.43. The Bertz CT molecular complexity index is 588. The first-order valence-corrected chi connectivity index (χ1v) is 6.96. The summed E-state index contributed by atoms with van der Waals surface area (Å²) in [7, 11) is 0. The van der Waals surface area contributed by atoms with Gasteiger partial charge in [-0.1, -0.05) is 34.6 Å². The highest BCUT2D eigenvalue weighted by atomic mass is 15.0. The zero-order valence-electron chi connectivity index (χ0n) is 12.9. The van der Waals surface area contributed by atoms with Gasteiger partial charge in [0.25, 0.3) is 0 Å². The minimum atomic E-state index is 0.00175. The predicted molar refractivity (Wildman–Crippen MR) is 80.4 cm³/mol. The van der Waals surface area contributed by atoms with Crippen LogP contribution in [-0.2, 0) is 5.41 Å². The SMILES string of the molecule is Cc1ccn2c(C(N)C(C)C)c(C(C)(C)C)nc2c1. The Morgan fingerprint density at radius 1 is 1.26 bits per heavy atom. The predicted octanol–water partition coefficient (Wildman–Crippen LogP) is 3.60. The molecule has 0 aromatic carbocycles. The fraction of sp³-hybridized carbons (Fsp3) is 0.562. The Balaban J connectivity index is 2.76. The van der Waals surface area contributed by atoms with E-state index in [1.165, 1.54) is 5.56 Å². The van der Waals surface area contributed by atoms with E-state index in [1.807, 2.05) is 0 Å². The molecule has 0 saturated heterocycles. The minimum absolute atomic E-state index is 0.00175. The summed E-state index contributed by atoms with van der Waals surface area (Å²) < 4.78 is 2.15.